The van der Waals surface area contributed by atoms with Gasteiger partial charge in [0.05, 0.1) is 11.0 Å². The molecule has 6 heteroatoms. The topological polar surface area (TPSA) is 67.2 Å². The molecule has 1 fully saturated rings. The van der Waals surface area contributed by atoms with E-state index in [1.807, 2.05) is 73.7 Å². The van der Waals surface area contributed by atoms with E-state index in [9.17, 15) is 9.59 Å². The van der Waals surface area contributed by atoms with Gasteiger partial charge < -0.3 is 14.8 Å². The number of hydrogen-bond acceptors (Lipinski definition) is 3. The van der Waals surface area contributed by atoms with Gasteiger partial charge >= 0.3 is 0 Å². The number of nitrogens with zero attached hydrogens (tertiary/aromatic N) is 3. The third-order valence-corrected chi connectivity index (χ3v) is 7.81. The Labute approximate surface area is 231 Å². The highest BCUT2D eigenvalue weighted by Crippen LogP contribution is 2.25. The molecule has 0 bridgehead atoms. The number of hydrogen-bond donors (Lipinski definition) is 1. The molecular weight excluding hydrogens is 484 g/mol. The molecule has 1 saturated carbocycles. The second kappa shape index (κ2) is 12.7. The number of carbonyl (C=O) groups is 2. The van der Waals surface area contributed by atoms with Crippen LogP contribution in [0.4, 0.5) is 0 Å². The van der Waals surface area contributed by atoms with E-state index in [0.717, 1.165) is 47.2 Å². The summed E-state index contributed by atoms with van der Waals surface area (Å²) in [5.74, 6) is 0.974. The lowest BCUT2D eigenvalue weighted by Gasteiger charge is -2.35. The first-order chi connectivity index (χ1) is 19.1. The summed E-state index contributed by atoms with van der Waals surface area (Å²) >= 11 is 0. The lowest BCUT2D eigenvalue weighted by atomic mass is 9.93. The number of imidazole rings is 1. The van der Waals surface area contributed by atoms with Crippen LogP contribution < -0.4 is 5.32 Å². The van der Waals surface area contributed by atoms with Gasteiger partial charge in [-0.15, -0.1) is 0 Å². The van der Waals surface area contributed by atoms with Gasteiger partial charge in [-0.3, -0.25) is 9.59 Å². The largest absolute Gasteiger partial charge is 0.352 e. The molecule has 0 atom stereocenters. The quantitative estimate of drug-likeness (QED) is 0.257. The van der Waals surface area contributed by atoms with Gasteiger partial charge in [0.2, 0.25) is 5.91 Å². The number of carbonyl (C=O) groups excluding carboxylic acids is 2. The Morgan fingerprint density at radius 2 is 1.64 bits per heavy atom. The number of aromatic nitrogens is 2. The van der Waals surface area contributed by atoms with Gasteiger partial charge in [0.1, 0.15) is 12.4 Å². The highest BCUT2D eigenvalue weighted by atomic mass is 16.2. The number of fused-ring (bicyclic) bond motifs is 1. The molecule has 6 nitrogen and oxygen atoms in total. The summed E-state index contributed by atoms with van der Waals surface area (Å²) in [5.41, 5.74) is 4.71. The molecule has 1 heterocycles. The van der Waals surface area contributed by atoms with E-state index >= 15 is 0 Å². The van der Waals surface area contributed by atoms with Gasteiger partial charge in [0.25, 0.3) is 5.91 Å². The molecule has 202 valence electrons. The molecule has 1 aromatic heterocycles. The summed E-state index contributed by atoms with van der Waals surface area (Å²) in [6.07, 6.45) is 7.16. The van der Waals surface area contributed by atoms with Gasteiger partial charge in [0.15, 0.2) is 0 Å². The molecule has 0 radical (unpaired) electrons. The van der Waals surface area contributed by atoms with Crippen LogP contribution in [0.5, 0.6) is 0 Å². The summed E-state index contributed by atoms with van der Waals surface area (Å²) in [7, 11) is 0. The van der Waals surface area contributed by atoms with Crippen molar-refractivity contribution < 1.29 is 9.59 Å². The standard InChI is InChI=1S/C33H38N4O2/c1-25-13-8-9-18-28(25)33(39)34-22-12-21-31-35-29-19-10-11-20-30(29)37(31)24-32(38)36(27-16-6-3-7-17-27)23-26-14-4-2-5-15-26/h2,4-5,8-11,13-15,18-20,27H,3,6-7,12,16-17,21-24H2,1H3,(H,34,39). The summed E-state index contributed by atoms with van der Waals surface area (Å²) in [6.45, 7) is 3.40. The summed E-state index contributed by atoms with van der Waals surface area (Å²) < 4.78 is 2.08. The van der Waals surface area contributed by atoms with Crippen LogP contribution in [0.25, 0.3) is 11.0 Å². The third-order valence-electron chi connectivity index (χ3n) is 7.81. The van der Waals surface area contributed by atoms with Gasteiger partial charge in [-0.1, -0.05) is 79.9 Å². The Kier molecular flexibility index (Phi) is 8.71. The Balaban J connectivity index is 1.30. The molecule has 1 aliphatic rings. The van der Waals surface area contributed by atoms with E-state index < -0.39 is 0 Å². The zero-order chi connectivity index (χ0) is 27.0. The molecule has 39 heavy (non-hydrogen) atoms. The highest BCUT2D eigenvalue weighted by Gasteiger charge is 2.27. The van der Waals surface area contributed by atoms with Crippen molar-refractivity contribution >= 4 is 22.8 Å². The van der Waals surface area contributed by atoms with Crippen molar-refractivity contribution in [3.63, 3.8) is 0 Å². The lowest BCUT2D eigenvalue weighted by molar-refractivity contribution is -0.135. The minimum Gasteiger partial charge on any atom is -0.352 e. The fraction of sp³-hybridized carbons (Fsp3) is 0.364. The maximum Gasteiger partial charge on any atom is 0.251 e. The number of benzene rings is 3. The molecular formula is C33H38N4O2. The predicted molar refractivity (Wildman–Crippen MR) is 155 cm³/mol. The van der Waals surface area contributed by atoms with E-state index in [-0.39, 0.29) is 24.4 Å². The van der Waals surface area contributed by atoms with Crippen molar-refractivity contribution in [3.05, 3.63) is 101 Å². The first-order valence-corrected chi connectivity index (χ1v) is 14.2. The smallest absolute Gasteiger partial charge is 0.251 e. The molecule has 0 unspecified atom stereocenters. The number of para-hydroxylation sites is 2. The minimum absolute atomic E-state index is 0.0548. The molecule has 3 aromatic carbocycles. The second-order valence-corrected chi connectivity index (χ2v) is 10.6. The summed E-state index contributed by atoms with van der Waals surface area (Å²) in [4.78, 5) is 33.6. The molecule has 0 aliphatic heterocycles. The Bertz CT molecular complexity index is 1410. The van der Waals surface area contributed by atoms with Gasteiger partial charge in [-0.05, 0) is 55.5 Å². The lowest BCUT2D eigenvalue weighted by Crippen LogP contribution is -2.42. The van der Waals surface area contributed by atoms with Crippen LogP contribution in [0, 0.1) is 6.92 Å². The number of nitrogens with one attached hydrogen (secondary N) is 1. The first-order valence-electron chi connectivity index (χ1n) is 14.2. The number of aryl methyl sites for hydroxylation is 2. The van der Waals surface area contributed by atoms with Crippen LogP contribution in [-0.2, 0) is 24.3 Å². The van der Waals surface area contributed by atoms with Crippen LogP contribution in [0.15, 0.2) is 78.9 Å². The zero-order valence-corrected chi connectivity index (χ0v) is 22.8. The molecule has 5 rings (SSSR count). The van der Waals surface area contributed by atoms with Crippen LogP contribution in [-0.4, -0.2) is 38.9 Å². The van der Waals surface area contributed by atoms with E-state index in [1.165, 1.54) is 19.3 Å². The monoisotopic (exact) mass is 522 g/mol. The highest BCUT2D eigenvalue weighted by molar-refractivity contribution is 5.95. The minimum atomic E-state index is -0.0548. The third kappa shape index (κ3) is 6.56. The van der Waals surface area contributed by atoms with Crippen molar-refractivity contribution in [2.45, 2.75) is 71.0 Å². The van der Waals surface area contributed by atoms with E-state index in [0.29, 0.717) is 25.1 Å². The van der Waals surface area contributed by atoms with Gasteiger partial charge in [0, 0.05) is 31.1 Å². The molecule has 0 spiro atoms. The average Bonchev–Trinajstić information content (AvgIpc) is 3.32. The molecule has 2 amide bonds. The van der Waals surface area contributed by atoms with E-state index in [2.05, 4.69) is 26.9 Å². The van der Waals surface area contributed by atoms with E-state index in [1.54, 1.807) is 0 Å². The Morgan fingerprint density at radius 1 is 0.923 bits per heavy atom. The molecule has 4 aromatic rings. The van der Waals surface area contributed by atoms with Crippen molar-refractivity contribution in [2.75, 3.05) is 6.54 Å². The maximum absolute atomic E-state index is 13.9. The second-order valence-electron chi connectivity index (χ2n) is 10.6. The van der Waals surface area contributed by atoms with Crippen LogP contribution >= 0.6 is 0 Å². The Morgan fingerprint density at radius 3 is 2.44 bits per heavy atom. The van der Waals surface area contributed by atoms with Crippen molar-refractivity contribution in [1.82, 2.24) is 19.8 Å². The normalized spacial score (nSPS) is 13.9. The van der Waals surface area contributed by atoms with Crippen molar-refractivity contribution in [2.24, 2.45) is 0 Å². The zero-order valence-electron chi connectivity index (χ0n) is 22.8. The van der Waals surface area contributed by atoms with Crippen LogP contribution in [0.2, 0.25) is 0 Å². The Hall–Kier alpha value is -3.93. The van der Waals surface area contributed by atoms with E-state index in [4.69, 9.17) is 4.98 Å². The van der Waals surface area contributed by atoms with Gasteiger partial charge in [-0.25, -0.2) is 4.98 Å². The number of amides is 2. The summed E-state index contributed by atoms with van der Waals surface area (Å²) in [6, 6.07) is 26.2. The van der Waals surface area contributed by atoms with Gasteiger partial charge in [-0.2, -0.15) is 0 Å². The van der Waals surface area contributed by atoms with Crippen molar-refractivity contribution in [3.8, 4) is 0 Å². The molecule has 0 saturated heterocycles. The molecule has 1 aliphatic carbocycles. The maximum atomic E-state index is 13.9. The summed E-state index contributed by atoms with van der Waals surface area (Å²) in [5, 5.41) is 3.04. The fourth-order valence-electron chi connectivity index (χ4n) is 5.68. The average molecular weight is 523 g/mol. The number of rotatable bonds is 10. The van der Waals surface area contributed by atoms with Crippen LogP contribution in [0.3, 0.4) is 0 Å². The SMILES string of the molecule is Cc1ccccc1C(=O)NCCCc1nc2ccccc2n1CC(=O)N(Cc1ccccc1)C1CCCCC1. The predicted octanol–water partition coefficient (Wildman–Crippen LogP) is 6.07. The van der Waals surface area contributed by atoms with Crippen molar-refractivity contribution in [1.29, 1.82) is 0 Å². The molecule has 1 N–H and O–H groups in total. The van der Waals surface area contributed by atoms with Crippen LogP contribution in [0.1, 0.15) is 65.8 Å². The first kappa shape index (κ1) is 26.7. The fourth-order valence-corrected chi connectivity index (χ4v) is 5.68.